The fraction of sp³-hybridized carbons (Fsp3) is 0.579. The Kier molecular flexibility index (Phi) is 8.60. The lowest BCUT2D eigenvalue weighted by Gasteiger charge is -2.19. The van der Waals surface area contributed by atoms with Gasteiger partial charge < -0.3 is 15.2 Å². The maximum atomic E-state index is 14.0. The van der Waals surface area contributed by atoms with Gasteiger partial charge in [0, 0.05) is 12.6 Å². The first-order valence-electron chi connectivity index (χ1n) is 9.81. The summed E-state index contributed by atoms with van der Waals surface area (Å²) in [5.41, 5.74) is 0.606. The predicted octanol–water partition coefficient (Wildman–Crippen LogP) is 1.37. The molecular formula is C19H29FN6O4S. The molecule has 2 heterocycles. The van der Waals surface area contributed by atoms with Crippen LogP contribution in [0.1, 0.15) is 50.3 Å². The van der Waals surface area contributed by atoms with E-state index < -0.39 is 21.6 Å². The second kappa shape index (κ2) is 10.7. The van der Waals surface area contributed by atoms with Crippen molar-refractivity contribution in [3.8, 4) is 5.88 Å². The van der Waals surface area contributed by atoms with E-state index >= 15 is 0 Å². The summed E-state index contributed by atoms with van der Waals surface area (Å²) in [5.74, 6) is -0.712. The van der Waals surface area contributed by atoms with E-state index in [1.54, 1.807) is 0 Å². The highest BCUT2D eigenvalue weighted by Crippen LogP contribution is 2.23. The van der Waals surface area contributed by atoms with Crippen LogP contribution in [0.25, 0.3) is 0 Å². The average Bonchev–Trinajstić information content (AvgIpc) is 2.65. The first kappa shape index (κ1) is 24.8. The van der Waals surface area contributed by atoms with E-state index in [1.165, 1.54) is 19.4 Å². The van der Waals surface area contributed by atoms with E-state index in [1.807, 2.05) is 20.8 Å². The van der Waals surface area contributed by atoms with Crippen molar-refractivity contribution in [2.45, 2.75) is 51.3 Å². The van der Waals surface area contributed by atoms with Crippen LogP contribution in [-0.2, 0) is 22.2 Å². The number of hydrogen-bond acceptors (Lipinski definition) is 9. The molecule has 31 heavy (non-hydrogen) atoms. The Morgan fingerprint density at radius 1 is 1.23 bits per heavy atom. The van der Waals surface area contributed by atoms with Crippen LogP contribution in [0.5, 0.6) is 5.88 Å². The van der Waals surface area contributed by atoms with Crippen molar-refractivity contribution < 1.29 is 22.7 Å². The lowest BCUT2D eigenvalue weighted by Crippen LogP contribution is -2.28. The topological polar surface area (TPSA) is 153 Å². The molecule has 2 aromatic rings. The number of hydrogen-bond donors (Lipinski definition) is 3. The lowest BCUT2D eigenvalue weighted by atomic mass is 9.99. The van der Waals surface area contributed by atoms with Gasteiger partial charge in [0.15, 0.2) is 11.6 Å². The molecule has 0 aliphatic heterocycles. The molecule has 0 saturated carbocycles. The number of ether oxygens (including phenoxy) is 1. The lowest BCUT2D eigenvalue weighted by molar-refractivity contribution is 0.259. The van der Waals surface area contributed by atoms with Crippen molar-refractivity contribution in [1.82, 2.24) is 19.9 Å². The van der Waals surface area contributed by atoms with Crippen LogP contribution in [0.15, 0.2) is 12.3 Å². The molecule has 0 fully saturated rings. The normalized spacial score (nSPS) is 13.8. The Morgan fingerprint density at radius 2 is 1.90 bits per heavy atom. The molecule has 172 valence electrons. The Morgan fingerprint density at radius 3 is 2.45 bits per heavy atom. The number of halogens is 1. The SMILES string of the molecule is COc1ncc([C@H](C)Cc2nc(CS(N)(=O)=O)nc(N[C@@H](CO)CC(C)C)n2)cc1F. The van der Waals surface area contributed by atoms with E-state index in [-0.39, 0.29) is 42.6 Å². The monoisotopic (exact) mass is 456 g/mol. The highest BCUT2D eigenvalue weighted by molar-refractivity contribution is 7.88. The van der Waals surface area contributed by atoms with Gasteiger partial charge in [-0.25, -0.2) is 27.9 Å². The molecule has 4 N–H and O–H groups in total. The maximum Gasteiger partial charge on any atom is 0.250 e. The molecule has 0 aliphatic rings. The van der Waals surface area contributed by atoms with Crippen LogP contribution < -0.4 is 15.2 Å². The molecule has 10 nitrogen and oxygen atoms in total. The predicted molar refractivity (Wildman–Crippen MR) is 113 cm³/mol. The molecule has 0 aliphatic carbocycles. The van der Waals surface area contributed by atoms with Gasteiger partial charge in [-0.1, -0.05) is 20.8 Å². The van der Waals surface area contributed by atoms with E-state index in [2.05, 4.69) is 25.3 Å². The second-order valence-electron chi connectivity index (χ2n) is 7.82. The molecule has 0 radical (unpaired) electrons. The molecule has 0 saturated heterocycles. The molecule has 2 atom stereocenters. The molecule has 2 aromatic heterocycles. The highest BCUT2D eigenvalue weighted by Gasteiger charge is 2.18. The minimum Gasteiger partial charge on any atom is -0.479 e. The third-order valence-corrected chi connectivity index (χ3v) is 5.11. The number of aliphatic hydroxyl groups excluding tert-OH is 1. The van der Waals surface area contributed by atoms with Gasteiger partial charge in [0.25, 0.3) is 0 Å². The summed E-state index contributed by atoms with van der Waals surface area (Å²) in [4.78, 5) is 16.6. The van der Waals surface area contributed by atoms with Gasteiger partial charge in [-0.3, -0.25) is 0 Å². The number of nitrogens with two attached hydrogens (primary N) is 1. The highest BCUT2D eigenvalue weighted by atomic mass is 32.2. The van der Waals surface area contributed by atoms with Crippen LogP contribution >= 0.6 is 0 Å². The zero-order chi connectivity index (χ0) is 23.2. The summed E-state index contributed by atoms with van der Waals surface area (Å²) in [6.07, 6.45) is 2.44. The van der Waals surface area contributed by atoms with Crippen molar-refractivity contribution >= 4 is 16.0 Å². The number of sulfonamides is 1. The van der Waals surface area contributed by atoms with Gasteiger partial charge in [0.2, 0.25) is 21.9 Å². The number of methoxy groups -OCH3 is 1. The number of pyridine rings is 1. The standard InChI is InChI=1S/C19H29FN6O4S/c1-11(2)5-14(9-27)23-19-25-16(24-17(26-19)10-31(21,28)29)6-12(3)13-7-15(20)18(30-4)22-8-13/h7-8,11-12,14,27H,5-6,9-10H2,1-4H3,(H2,21,28,29)(H,23,24,25,26)/t12-,14-/m1/s1. The van der Waals surface area contributed by atoms with Gasteiger partial charge in [-0.2, -0.15) is 9.97 Å². The van der Waals surface area contributed by atoms with Crippen molar-refractivity contribution in [1.29, 1.82) is 0 Å². The summed E-state index contributed by atoms with van der Waals surface area (Å²) < 4.78 is 41.9. The first-order valence-corrected chi connectivity index (χ1v) is 11.5. The first-order chi connectivity index (χ1) is 14.5. The number of nitrogens with zero attached hydrogens (tertiary/aromatic N) is 4. The molecule has 0 unspecified atom stereocenters. The number of aromatic nitrogens is 4. The van der Waals surface area contributed by atoms with Crippen LogP contribution in [0.3, 0.4) is 0 Å². The minimum absolute atomic E-state index is 0.0116. The number of nitrogens with one attached hydrogen (secondary N) is 1. The summed E-state index contributed by atoms with van der Waals surface area (Å²) in [5, 5.41) is 17.8. The van der Waals surface area contributed by atoms with Crippen molar-refractivity contribution in [3.63, 3.8) is 0 Å². The van der Waals surface area contributed by atoms with E-state index in [4.69, 9.17) is 9.88 Å². The zero-order valence-electron chi connectivity index (χ0n) is 18.0. The summed E-state index contributed by atoms with van der Waals surface area (Å²) in [6.45, 7) is 5.73. The molecule has 2 rings (SSSR count). The van der Waals surface area contributed by atoms with Crippen molar-refractivity contribution in [2.75, 3.05) is 19.0 Å². The van der Waals surface area contributed by atoms with E-state index in [0.29, 0.717) is 23.7 Å². The van der Waals surface area contributed by atoms with Gasteiger partial charge >= 0.3 is 0 Å². The summed E-state index contributed by atoms with van der Waals surface area (Å²) in [6, 6.07) is 1.02. The fourth-order valence-electron chi connectivity index (χ4n) is 3.05. The fourth-order valence-corrected chi connectivity index (χ4v) is 3.54. The van der Waals surface area contributed by atoms with Crippen LogP contribution in [0.4, 0.5) is 10.3 Å². The summed E-state index contributed by atoms with van der Waals surface area (Å²) in [7, 11) is -2.53. The smallest absolute Gasteiger partial charge is 0.250 e. The quantitative estimate of drug-likeness (QED) is 0.455. The number of anilines is 1. The van der Waals surface area contributed by atoms with Crippen molar-refractivity contribution in [2.24, 2.45) is 11.1 Å². The van der Waals surface area contributed by atoms with Gasteiger partial charge in [-0.05, 0) is 29.9 Å². The third kappa shape index (κ3) is 7.96. The second-order valence-corrected chi connectivity index (χ2v) is 9.43. The number of primary sulfonamides is 1. The molecule has 0 amide bonds. The Bertz CT molecular complexity index is 989. The molecule has 0 bridgehead atoms. The van der Waals surface area contributed by atoms with E-state index in [0.717, 1.165) is 0 Å². The van der Waals surface area contributed by atoms with Gasteiger partial charge in [0.1, 0.15) is 11.6 Å². The molecule has 12 heteroatoms. The Hall–Kier alpha value is -2.44. The van der Waals surface area contributed by atoms with E-state index in [9.17, 15) is 17.9 Å². The van der Waals surface area contributed by atoms with Crippen LogP contribution in [0, 0.1) is 11.7 Å². The Labute approximate surface area is 181 Å². The molecule has 0 spiro atoms. The van der Waals surface area contributed by atoms with Crippen molar-refractivity contribution in [3.05, 3.63) is 35.3 Å². The zero-order valence-corrected chi connectivity index (χ0v) is 18.9. The molecular weight excluding hydrogens is 427 g/mol. The van der Waals surface area contributed by atoms with Crippen LogP contribution in [0.2, 0.25) is 0 Å². The number of aliphatic hydroxyl groups is 1. The largest absolute Gasteiger partial charge is 0.479 e. The Balaban J connectivity index is 2.31. The molecule has 0 aromatic carbocycles. The van der Waals surface area contributed by atoms with Crippen LogP contribution in [-0.4, -0.2) is 53.2 Å². The average molecular weight is 457 g/mol. The van der Waals surface area contributed by atoms with Gasteiger partial charge in [0.05, 0.1) is 19.8 Å². The summed E-state index contributed by atoms with van der Waals surface area (Å²) >= 11 is 0. The maximum absolute atomic E-state index is 14.0. The number of rotatable bonds is 11. The third-order valence-electron chi connectivity index (χ3n) is 4.45. The minimum atomic E-state index is -3.86. The van der Waals surface area contributed by atoms with Gasteiger partial charge in [-0.15, -0.1) is 0 Å².